The Bertz CT molecular complexity index is 604. The quantitative estimate of drug-likeness (QED) is 0.806. The zero-order chi connectivity index (χ0) is 16.3. The summed E-state index contributed by atoms with van der Waals surface area (Å²) in [5.41, 5.74) is 0. The van der Waals surface area contributed by atoms with Gasteiger partial charge in [-0.05, 0) is 26.7 Å². The van der Waals surface area contributed by atoms with Gasteiger partial charge in [0.2, 0.25) is 15.9 Å². The van der Waals surface area contributed by atoms with Crippen molar-refractivity contribution in [2.45, 2.75) is 38.0 Å². The first-order chi connectivity index (χ1) is 10.3. The number of rotatable bonds is 5. The topological polar surface area (TPSA) is 75.6 Å². The number of ether oxygens (including phenoxy) is 1. The van der Waals surface area contributed by atoms with E-state index in [1.54, 1.807) is 20.2 Å². The average Bonchev–Trinajstić information content (AvgIpc) is 2.47. The fraction of sp³-hybridized carbons (Fsp3) is 0.714. The predicted octanol–water partition coefficient (Wildman–Crippen LogP) is 1.12. The smallest absolute Gasteiger partial charge is 0.218 e. The van der Waals surface area contributed by atoms with Gasteiger partial charge in [-0.1, -0.05) is 0 Å². The van der Waals surface area contributed by atoms with E-state index in [9.17, 15) is 8.42 Å². The maximum atomic E-state index is 12.3. The van der Waals surface area contributed by atoms with E-state index in [0.717, 1.165) is 13.0 Å². The fourth-order valence-electron chi connectivity index (χ4n) is 2.50. The average molecular weight is 328 g/mol. The van der Waals surface area contributed by atoms with Crippen LogP contribution in [-0.4, -0.2) is 61.2 Å². The molecule has 1 saturated heterocycles. The Labute approximate surface area is 132 Å². The molecule has 8 heteroatoms. The Morgan fingerprint density at radius 3 is 2.73 bits per heavy atom. The van der Waals surface area contributed by atoms with E-state index in [2.05, 4.69) is 9.97 Å². The lowest BCUT2D eigenvalue weighted by Crippen LogP contribution is -2.46. The maximum absolute atomic E-state index is 12.3. The second-order valence-electron chi connectivity index (χ2n) is 5.92. The Morgan fingerprint density at radius 2 is 2.09 bits per heavy atom. The van der Waals surface area contributed by atoms with Crippen LogP contribution in [0.5, 0.6) is 5.88 Å². The van der Waals surface area contributed by atoms with Crippen LogP contribution in [0.2, 0.25) is 0 Å². The van der Waals surface area contributed by atoms with E-state index in [1.807, 2.05) is 18.7 Å². The van der Waals surface area contributed by atoms with Crippen molar-refractivity contribution >= 4 is 15.8 Å². The van der Waals surface area contributed by atoms with Crippen molar-refractivity contribution in [2.75, 3.05) is 32.1 Å². The zero-order valence-corrected chi connectivity index (χ0v) is 14.4. The minimum Gasteiger partial charge on any atom is -0.475 e. The molecule has 2 rings (SSSR count). The van der Waals surface area contributed by atoms with Crippen molar-refractivity contribution in [1.29, 1.82) is 0 Å². The first-order valence-corrected chi connectivity index (χ1v) is 8.96. The lowest BCUT2D eigenvalue weighted by atomic mass is 10.1. The molecule has 7 nitrogen and oxygen atoms in total. The van der Waals surface area contributed by atoms with Gasteiger partial charge in [0.1, 0.15) is 12.1 Å². The normalized spacial score (nSPS) is 19.7. The highest BCUT2D eigenvalue weighted by Crippen LogP contribution is 2.24. The van der Waals surface area contributed by atoms with Crippen LogP contribution in [0.25, 0.3) is 0 Å². The lowest BCUT2D eigenvalue weighted by Gasteiger charge is -2.34. The second-order valence-corrected chi connectivity index (χ2v) is 8.35. The summed E-state index contributed by atoms with van der Waals surface area (Å²) in [6.07, 6.45) is 2.99. The minimum atomic E-state index is -3.25. The van der Waals surface area contributed by atoms with E-state index in [0.29, 0.717) is 24.7 Å². The number of nitrogens with zero attached hydrogens (tertiary/aromatic N) is 4. The molecule has 2 heterocycles. The summed E-state index contributed by atoms with van der Waals surface area (Å²) < 4.78 is 31.5. The van der Waals surface area contributed by atoms with Gasteiger partial charge in [0, 0.05) is 33.3 Å². The molecule has 124 valence electrons. The Kier molecular flexibility index (Phi) is 5.23. The summed E-state index contributed by atoms with van der Waals surface area (Å²) in [6, 6.07) is 1.77. The fourth-order valence-corrected chi connectivity index (χ4v) is 3.93. The van der Waals surface area contributed by atoms with Crippen LogP contribution in [-0.2, 0) is 10.0 Å². The highest BCUT2D eigenvalue weighted by Gasteiger charge is 2.32. The highest BCUT2D eigenvalue weighted by molar-refractivity contribution is 7.89. The van der Waals surface area contributed by atoms with Crippen LogP contribution in [0.1, 0.15) is 26.7 Å². The molecule has 0 radical (unpaired) electrons. The van der Waals surface area contributed by atoms with Crippen molar-refractivity contribution in [2.24, 2.45) is 0 Å². The predicted molar refractivity (Wildman–Crippen MR) is 85.6 cm³/mol. The van der Waals surface area contributed by atoms with Crippen LogP contribution in [0.4, 0.5) is 5.82 Å². The van der Waals surface area contributed by atoms with E-state index in [4.69, 9.17) is 4.74 Å². The number of hydrogen-bond acceptors (Lipinski definition) is 6. The van der Waals surface area contributed by atoms with Crippen molar-refractivity contribution in [3.63, 3.8) is 0 Å². The van der Waals surface area contributed by atoms with Crippen LogP contribution < -0.4 is 9.64 Å². The molecule has 1 aromatic rings. The number of anilines is 1. The van der Waals surface area contributed by atoms with Crippen LogP contribution in [0.3, 0.4) is 0 Å². The third-order valence-corrected chi connectivity index (χ3v) is 5.86. The molecular formula is C14H24N4O3S. The molecule has 22 heavy (non-hydrogen) atoms. The molecule has 0 saturated carbocycles. The minimum absolute atomic E-state index is 0.0333. The lowest BCUT2D eigenvalue weighted by molar-refractivity contribution is 0.232. The first kappa shape index (κ1) is 17.0. The maximum Gasteiger partial charge on any atom is 0.218 e. The van der Waals surface area contributed by atoms with Gasteiger partial charge < -0.3 is 9.64 Å². The van der Waals surface area contributed by atoms with Gasteiger partial charge >= 0.3 is 0 Å². The number of sulfonamides is 1. The zero-order valence-electron chi connectivity index (χ0n) is 13.6. The summed E-state index contributed by atoms with van der Waals surface area (Å²) >= 11 is 0. The Hall–Kier alpha value is -1.41. The first-order valence-electron chi connectivity index (χ1n) is 7.45. The van der Waals surface area contributed by atoms with E-state index < -0.39 is 15.3 Å². The van der Waals surface area contributed by atoms with Crippen LogP contribution >= 0.6 is 0 Å². The van der Waals surface area contributed by atoms with E-state index in [-0.39, 0.29) is 6.10 Å². The molecule has 1 aromatic heterocycles. The van der Waals surface area contributed by atoms with Crippen molar-refractivity contribution in [1.82, 2.24) is 14.3 Å². The third kappa shape index (κ3) is 3.86. The van der Waals surface area contributed by atoms with E-state index in [1.165, 1.54) is 10.6 Å². The summed E-state index contributed by atoms with van der Waals surface area (Å²) in [5, 5.41) is -0.402. The Morgan fingerprint density at radius 1 is 1.36 bits per heavy atom. The van der Waals surface area contributed by atoms with Crippen molar-refractivity contribution < 1.29 is 13.2 Å². The van der Waals surface area contributed by atoms with Crippen LogP contribution in [0.15, 0.2) is 12.4 Å². The van der Waals surface area contributed by atoms with Gasteiger partial charge in [-0.25, -0.2) is 22.7 Å². The largest absolute Gasteiger partial charge is 0.475 e. The molecular weight excluding hydrogens is 304 g/mol. The molecule has 1 atom stereocenters. The molecule has 0 aliphatic carbocycles. The molecule has 1 fully saturated rings. The summed E-state index contributed by atoms with van der Waals surface area (Å²) in [6.45, 7) is 5.10. The third-order valence-electron chi connectivity index (χ3n) is 3.62. The number of hydrogen-bond donors (Lipinski definition) is 0. The van der Waals surface area contributed by atoms with Crippen molar-refractivity contribution in [3.8, 4) is 5.88 Å². The van der Waals surface area contributed by atoms with Gasteiger partial charge in [-0.15, -0.1) is 0 Å². The highest BCUT2D eigenvalue weighted by atomic mass is 32.2. The van der Waals surface area contributed by atoms with Gasteiger partial charge in [0.05, 0.1) is 11.4 Å². The number of piperidine rings is 1. The van der Waals surface area contributed by atoms with Gasteiger partial charge in [0.15, 0.2) is 0 Å². The molecule has 1 aliphatic heterocycles. The second kappa shape index (κ2) is 6.78. The SMILES string of the molecule is CC(C)Oc1cc(N2CCC[C@@H](S(=O)(=O)N(C)C)C2)ncn1. The summed E-state index contributed by atoms with van der Waals surface area (Å²) in [7, 11) is -0.0991. The molecule has 0 amide bonds. The van der Waals surface area contributed by atoms with Gasteiger partial charge in [0.25, 0.3) is 0 Å². The van der Waals surface area contributed by atoms with Gasteiger partial charge in [-0.2, -0.15) is 0 Å². The Balaban J connectivity index is 2.16. The summed E-state index contributed by atoms with van der Waals surface area (Å²) in [5.74, 6) is 1.22. The molecule has 1 aliphatic rings. The molecule has 0 N–H and O–H groups in total. The van der Waals surface area contributed by atoms with Crippen molar-refractivity contribution in [3.05, 3.63) is 12.4 Å². The molecule has 0 spiro atoms. The van der Waals surface area contributed by atoms with Crippen LogP contribution in [0, 0.1) is 0 Å². The standard InChI is InChI=1S/C14H24N4O3S/c1-11(2)21-14-8-13(15-10-16-14)18-7-5-6-12(9-18)22(19,20)17(3)4/h8,10-12H,5-7,9H2,1-4H3/t12-/m1/s1. The molecule has 0 bridgehead atoms. The molecule has 0 aromatic carbocycles. The number of aromatic nitrogens is 2. The molecule has 0 unspecified atom stereocenters. The van der Waals surface area contributed by atoms with E-state index >= 15 is 0 Å². The monoisotopic (exact) mass is 328 g/mol. The van der Waals surface area contributed by atoms with Gasteiger partial charge in [-0.3, -0.25) is 0 Å². The summed E-state index contributed by atoms with van der Waals surface area (Å²) in [4.78, 5) is 10.3.